The van der Waals surface area contributed by atoms with E-state index in [1.165, 1.54) is 11.4 Å². The number of nitrogens with zero attached hydrogens (tertiary/aromatic N) is 2. The normalized spacial score (nSPS) is 24.6. The molecule has 0 saturated carbocycles. The maximum Gasteiger partial charge on any atom is 0.130 e. The molecule has 2 saturated heterocycles. The van der Waals surface area contributed by atoms with Gasteiger partial charge in [-0.3, -0.25) is 0 Å². The predicted octanol–water partition coefficient (Wildman–Crippen LogP) is 3.61. The van der Waals surface area contributed by atoms with Crippen LogP contribution in [0.4, 0.5) is 11.4 Å². The molecule has 22 heavy (non-hydrogen) atoms. The van der Waals surface area contributed by atoms with Crippen LogP contribution in [0.3, 0.4) is 0 Å². The largest absolute Gasteiger partial charge is 0.358 e. The van der Waals surface area contributed by atoms with Gasteiger partial charge in [0.05, 0.1) is 11.4 Å². The topological polar surface area (TPSA) is 24.9 Å². The Hall–Kier alpha value is -1.26. The third-order valence-corrected chi connectivity index (χ3v) is 4.69. The van der Waals surface area contributed by atoms with Gasteiger partial charge in [0.15, 0.2) is 0 Å². The van der Waals surface area contributed by atoms with E-state index < -0.39 is 0 Å². The molecule has 0 aromatic heterocycles. The van der Waals surface area contributed by atoms with Crippen LogP contribution in [0, 0.1) is 0 Å². The molecule has 2 atom stereocenters. The summed E-state index contributed by atoms with van der Waals surface area (Å²) in [5, 5.41) is 0. The average molecular weight is 304 g/mol. The first-order valence-corrected chi connectivity index (χ1v) is 8.70. The highest BCUT2D eigenvalue weighted by molar-refractivity contribution is 5.71. The standard InChI is InChI=1S/C18H28N2O2/c1-3-19(17-11-7-13-21-17)15-9-5-6-10-16(15)20(4-2)18-12-8-14-22-18/h5-6,9-10,17-18H,3-4,7-8,11-14H2,1-2H3. The third-order valence-electron chi connectivity index (χ3n) is 4.69. The van der Waals surface area contributed by atoms with Crippen LogP contribution < -0.4 is 9.80 Å². The Balaban J connectivity index is 1.90. The molecule has 0 N–H and O–H groups in total. The fraction of sp³-hybridized carbons (Fsp3) is 0.667. The molecular weight excluding hydrogens is 276 g/mol. The summed E-state index contributed by atoms with van der Waals surface area (Å²) in [6.45, 7) is 8.11. The molecule has 0 bridgehead atoms. The summed E-state index contributed by atoms with van der Waals surface area (Å²) in [5.74, 6) is 0. The van der Waals surface area contributed by atoms with Gasteiger partial charge in [0.1, 0.15) is 12.5 Å². The lowest BCUT2D eigenvalue weighted by atomic mass is 10.1. The predicted molar refractivity (Wildman–Crippen MR) is 90.4 cm³/mol. The molecule has 2 unspecified atom stereocenters. The zero-order chi connectivity index (χ0) is 15.4. The lowest BCUT2D eigenvalue weighted by molar-refractivity contribution is 0.105. The van der Waals surface area contributed by atoms with Crippen molar-refractivity contribution in [2.45, 2.75) is 52.0 Å². The number of anilines is 2. The summed E-state index contributed by atoms with van der Waals surface area (Å²) >= 11 is 0. The lowest BCUT2D eigenvalue weighted by Crippen LogP contribution is -2.39. The molecule has 1 aromatic carbocycles. The van der Waals surface area contributed by atoms with E-state index in [0.717, 1.165) is 52.0 Å². The van der Waals surface area contributed by atoms with E-state index in [1.807, 2.05) is 0 Å². The van der Waals surface area contributed by atoms with Crippen LogP contribution in [0.15, 0.2) is 24.3 Å². The second kappa shape index (κ2) is 7.34. The SMILES string of the molecule is CCN(c1ccccc1N(CC)C1CCCO1)C1CCCO1. The van der Waals surface area contributed by atoms with Gasteiger partial charge in [-0.2, -0.15) is 0 Å². The van der Waals surface area contributed by atoms with E-state index in [9.17, 15) is 0 Å². The molecule has 4 heteroatoms. The Labute approximate surface area is 134 Å². The fourth-order valence-corrected chi connectivity index (χ4v) is 3.62. The summed E-state index contributed by atoms with van der Waals surface area (Å²) in [6.07, 6.45) is 4.99. The Kier molecular flexibility index (Phi) is 5.21. The summed E-state index contributed by atoms with van der Waals surface area (Å²) in [4.78, 5) is 4.81. The highest BCUT2D eigenvalue weighted by atomic mass is 16.5. The fourth-order valence-electron chi connectivity index (χ4n) is 3.62. The molecule has 2 aliphatic heterocycles. The first-order valence-electron chi connectivity index (χ1n) is 8.70. The van der Waals surface area contributed by atoms with Gasteiger partial charge < -0.3 is 19.3 Å². The quantitative estimate of drug-likeness (QED) is 0.801. The van der Waals surface area contributed by atoms with Crippen molar-refractivity contribution in [3.05, 3.63) is 24.3 Å². The van der Waals surface area contributed by atoms with E-state index in [2.05, 4.69) is 47.9 Å². The average Bonchev–Trinajstić information content (AvgIpc) is 3.24. The third kappa shape index (κ3) is 3.08. The zero-order valence-corrected chi connectivity index (χ0v) is 13.8. The van der Waals surface area contributed by atoms with Gasteiger partial charge in [-0.25, -0.2) is 0 Å². The first-order chi connectivity index (χ1) is 10.8. The monoisotopic (exact) mass is 304 g/mol. The van der Waals surface area contributed by atoms with Gasteiger partial charge in [0.2, 0.25) is 0 Å². The van der Waals surface area contributed by atoms with E-state index in [1.54, 1.807) is 0 Å². The van der Waals surface area contributed by atoms with Crippen molar-refractivity contribution in [1.29, 1.82) is 0 Å². The van der Waals surface area contributed by atoms with Crippen LogP contribution >= 0.6 is 0 Å². The Bertz CT molecular complexity index is 425. The highest BCUT2D eigenvalue weighted by Crippen LogP contribution is 2.35. The minimum Gasteiger partial charge on any atom is -0.358 e. The van der Waals surface area contributed by atoms with Crippen molar-refractivity contribution in [2.75, 3.05) is 36.1 Å². The lowest BCUT2D eigenvalue weighted by Gasteiger charge is -2.36. The van der Waals surface area contributed by atoms with E-state index in [4.69, 9.17) is 9.47 Å². The molecule has 4 nitrogen and oxygen atoms in total. The smallest absolute Gasteiger partial charge is 0.130 e. The second-order valence-corrected chi connectivity index (χ2v) is 6.00. The Morgan fingerprint density at radius 2 is 1.32 bits per heavy atom. The van der Waals surface area contributed by atoms with Crippen LogP contribution in [0.25, 0.3) is 0 Å². The maximum absolute atomic E-state index is 5.93. The molecule has 0 radical (unpaired) electrons. The number of para-hydroxylation sites is 2. The maximum atomic E-state index is 5.93. The number of rotatable bonds is 6. The van der Waals surface area contributed by atoms with Crippen molar-refractivity contribution in [2.24, 2.45) is 0 Å². The van der Waals surface area contributed by atoms with Crippen LogP contribution in [-0.4, -0.2) is 38.8 Å². The molecular formula is C18H28N2O2. The van der Waals surface area contributed by atoms with Crippen LogP contribution in [0.5, 0.6) is 0 Å². The van der Waals surface area contributed by atoms with Crippen molar-refractivity contribution in [3.8, 4) is 0 Å². The number of hydrogen-bond acceptors (Lipinski definition) is 4. The van der Waals surface area contributed by atoms with Crippen molar-refractivity contribution in [3.63, 3.8) is 0 Å². The van der Waals surface area contributed by atoms with Crippen LogP contribution in [-0.2, 0) is 9.47 Å². The Morgan fingerprint density at radius 1 is 0.864 bits per heavy atom. The molecule has 0 spiro atoms. The van der Waals surface area contributed by atoms with Gasteiger partial charge >= 0.3 is 0 Å². The summed E-state index contributed by atoms with van der Waals surface area (Å²) in [6, 6.07) is 8.69. The van der Waals surface area contributed by atoms with E-state index >= 15 is 0 Å². The second-order valence-electron chi connectivity index (χ2n) is 6.00. The molecule has 0 amide bonds. The highest BCUT2D eigenvalue weighted by Gasteiger charge is 2.28. The van der Waals surface area contributed by atoms with Gasteiger partial charge in [0, 0.05) is 26.3 Å². The van der Waals surface area contributed by atoms with Crippen molar-refractivity contribution in [1.82, 2.24) is 0 Å². The van der Waals surface area contributed by atoms with Crippen LogP contribution in [0.2, 0.25) is 0 Å². The van der Waals surface area contributed by atoms with Crippen LogP contribution in [0.1, 0.15) is 39.5 Å². The van der Waals surface area contributed by atoms with Gasteiger partial charge in [0.25, 0.3) is 0 Å². The summed E-state index contributed by atoms with van der Waals surface area (Å²) in [7, 11) is 0. The number of ether oxygens (including phenoxy) is 2. The first kappa shape index (κ1) is 15.6. The van der Waals surface area contributed by atoms with Gasteiger partial charge in [-0.15, -0.1) is 0 Å². The van der Waals surface area contributed by atoms with Crippen molar-refractivity contribution < 1.29 is 9.47 Å². The zero-order valence-electron chi connectivity index (χ0n) is 13.8. The summed E-state index contributed by atoms with van der Waals surface area (Å²) in [5.41, 5.74) is 2.54. The summed E-state index contributed by atoms with van der Waals surface area (Å²) < 4.78 is 11.9. The molecule has 2 heterocycles. The molecule has 0 aliphatic carbocycles. The van der Waals surface area contributed by atoms with Crippen molar-refractivity contribution >= 4 is 11.4 Å². The molecule has 2 fully saturated rings. The van der Waals surface area contributed by atoms with E-state index in [-0.39, 0.29) is 12.5 Å². The van der Waals surface area contributed by atoms with Gasteiger partial charge in [-0.05, 0) is 51.7 Å². The molecule has 1 aromatic rings. The van der Waals surface area contributed by atoms with Gasteiger partial charge in [-0.1, -0.05) is 12.1 Å². The van der Waals surface area contributed by atoms with E-state index in [0.29, 0.717) is 0 Å². The Morgan fingerprint density at radius 3 is 1.64 bits per heavy atom. The molecule has 2 aliphatic rings. The minimum absolute atomic E-state index is 0.217. The molecule has 3 rings (SSSR count). The number of benzene rings is 1. The number of hydrogen-bond donors (Lipinski definition) is 0. The molecule has 122 valence electrons. The minimum atomic E-state index is 0.217.